The number of anilines is 1. The van der Waals surface area contributed by atoms with Crippen LogP contribution in [0.5, 0.6) is 0 Å². The van der Waals surface area contributed by atoms with Crippen molar-refractivity contribution < 1.29 is 54.1 Å². The van der Waals surface area contributed by atoms with Crippen molar-refractivity contribution in [2.24, 2.45) is 0 Å². The molecule has 6 N–H and O–H groups in total. The quantitative estimate of drug-likeness (QED) is 0.101. The molecule has 0 bridgehead atoms. The highest BCUT2D eigenvalue weighted by atomic mass is 16.4. The van der Waals surface area contributed by atoms with E-state index in [0.717, 1.165) is 0 Å². The van der Waals surface area contributed by atoms with Crippen molar-refractivity contribution in [2.45, 2.75) is 31.7 Å². The third-order valence-corrected chi connectivity index (χ3v) is 9.03. The number of nitrogens with one attached hydrogen (secondary N) is 1. The molecule has 2 atom stereocenters. The number of benzene rings is 1. The van der Waals surface area contributed by atoms with E-state index in [0.29, 0.717) is 56.8 Å². The van der Waals surface area contributed by atoms with Gasteiger partial charge in [-0.1, -0.05) is 0 Å². The van der Waals surface area contributed by atoms with E-state index in [9.17, 15) is 54.1 Å². The van der Waals surface area contributed by atoms with Crippen LogP contribution in [0.4, 0.5) is 5.69 Å². The molecule has 282 valence electrons. The number of hydrogen-bond donors (Lipinski definition) is 6. The van der Waals surface area contributed by atoms with Crippen molar-refractivity contribution >= 4 is 48.3 Å². The van der Waals surface area contributed by atoms with Crippen molar-refractivity contribution in [2.75, 3.05) is 104 Å². The zero-order chi connectivity index (χ0) is 37.7. The molecule has 2 amide bonds. The van der Waals surface area contributed by atoms with E-state index in [2.05, 4.69) is 5.32 Å². The first-order valence-corrected chi connectivity index (χ1v) is 17.0. The fraction of sp³-hybridized carbons (Fsp3) is 0.625. The second-order valence-electron chi connectivity index (χ2n) is 13.1. The molecule has 2 aliphatic rings. The fourth-order valence-electron chi connectivity index (χ4n) is 6.27. The lowest BCUT2D eigenvalue weighted by Gasteiger charge is -2.33. The number of carboxylic acids is 3. The van der Waals surface area contributed by atoms with Crippen LogP contribution >= 0.6 is 0 Å². The smallest absolute Gasteiger partial charge is 0.475 e. The van der Waals surface area contributed by atoms with Gasteiger partial charge in [0.25, 0.3) is 5.91 Å². The lowest BCUT2D eigenvalue weighted by atomic mass is 9.78. The maximum Gasteiger partial charge on any atom is 0.475 e. The summed E-state index contributed by atoms with van der Waals surface area (Å²) in [6.07, 6.45) is 1.10. The average Bonchev–Trinajstić information content (AvgIpc) is 3.55. The maximum atomic E-state index is 13.3. The Bertz CT molecular complexity index is 1340. The number of nitrogens with zero attached hydrogens (tertiary/aromatic N) is 6. The second-order valence-corrected chi connectivity index (χ2v) is 13.1. The van der Waals surface area contributed by atoms with Gasteiger partial charge in [0, 0.05) is 77.2 Å². The summed E-state index contributed by atoms with van der Waals surface area (Å²) in [6, 6.07) is 5.60. The molecule has 1 aromatic carbocycles. The van der Waals surface area contributed by atoms with E-state index in [1.165, 1.54) is 11.8 Å². The summed E-state index contributed by atoms with van der Waals surface area (Å²) in [6.45, 7) is 3.52. The van der Waals surface area contributed by atoms with Crippen molar-refractivity contribution in [3.63, 3.8) is 0 Å². The summed E-state index contributed by atoms with van der Waals surface area (Å²) >= 11 is 0. The molecule has 0 spiro atoms. The van der Waals surface area contributed by atoms with Gasteiger partial charge in [0.05, 0.1) is 38.7 Å². The minimum absolute atomic E-state index is 0.0170. The normalized spacial score (nSPS) is 19.4. The van der Waals surface area contributed by atoms with Gasteiger partial charge in [-0.3, -0.25) is 48.4 Å². The van der Waals surface area contributed by atoms with Crippen LogP contribution in [0, 0.1) is 0 Å². The van der Waals surface area contributed by atoms with Gasteiger partial charge in [0.2, 0.25) is 5.91 Å². The lowest BCUT2D eigenvalue weighted by molar-refractivity contribution is -0.140. The van der Waals surface area contributed by atoms with Crippen molar-refractivity contribution in [3.8, 4) is 0 Å². The zero-order valence-corrected chi connectivity index (χ0v) is 29.2. The fourth-order valence-corrected chi connectivity index (χ4v) is 6.27. The summed E-state index contributed by atoms with van der Waals surface area (Å²) < 4.78 is 0. The van der Waals surface area contributed by atoms with Gasteiger partial charge in [0.15, 0.2) is 5.78 Å². The number of ketones is 1. The molecule has 2 fully saturated rings. The highest BCUT2D eigenvalue weighted by Crippen LogP contribution is 2.19. The van der Waals surface area contributed by atoms with Crippen LogP contribution in [0.15, 0.2) is 24.3 Å². The molecule has 18 nitrogen and oxygen atoms in total. The average molecular weight is 720 g/mol. The van der Waals surface area contributed by atoms with Crippen molar-refractivity contribution in [3.05, 3.63) is 29.8 Å². The number of carbonyl (C=O) groups excluding carboxylic acids is 3. The molecule has 2 aliphatic heterocycles. The minimum Gasteiger partial charge on any atom is -0.480 e. The van der Waals surface area contributed by atoms with E-state index in [4.69, 9.17) is 0 Å². The van der Waals surface area contributed by atoms with Crippen LogP contribution < -0.4 is 10.2 Å². The summed E-state index contributed by atoms with van der Waals surface area (Å²) in [7, 11) is 0.0643. The van der Waals surface area contributed by atoms with Crippen LogP contribution in [0.25, 0.3) is 0 Å². The van der Waals surface area contributed by atoms with Gasteiger partial charge in [-0.2, -0.15) is 0 Å². The number of hydrogen-bond acceptors (Lipinski definition) is 13. The third kappa shape index (κ3) is 13.8. The van der Waals surface area contributed by atoms with Gasteiger partial charge >= 0.3 is 25.0 Å². The Morgan fingerprint density at radius 2 is 1.18 bits per heavy atom. The molecular weight excluding hydrogens is 669 g/mol. The Morgan fingerprint density at radius 1 is 0.745 bits per heavy atom. The Kier molecular flexibility index (Phi) is 16.2. The van der Waals surface area contributed by atoms with Gasteiger partial charge in [-0.25, -0.2) is 0 Å². The number of amides is 2. The molecule has 2 heterocycles. The largest absolute Gasteiger partial charge is 0.480 e. The molecular formula is C32H50BN7O11. The summed E-state index contributed by atoms with van der Waals surface area (Å²) in [5, 5.41) is 50.0. The number of Topliss-reactive ketones (excluding diaryl/α,β-unsaturated/α-hetero) is 1. The molecule has 19 heteroatoms. The number of carbonyl (C=O) groups is 6. The molecule has 3 rings (SSSR count). The van der Waals surface area contributed by atoms with Gasteiger partial charge in [0.1, 0.15) is 6.04 Å². The Labute approximate surface area is 297 Å². The van der Waals surface area contributed by atoms with Gasteiger partial charge < -0.3 is 40.5 Å². The predicted octanol–water partition coefficient (Wildman–Crippen LogP) is -2.71. The topological polar surface area (TPSA) is 235 Å². The first kappa shape index (κ1) is 41.3. The molecule has 0 aliphatic carbocycles. The Morgan fingerprint density at radius 3 is 1.59 bits per heavy atom. The van der Waals surface area contributed by atoms with Gasteiger partial charge in [-0.15, -0.1) is 0 Å². The molecule has 1 aromatic rings. The number of rotatable bonds is 15. The summed E-state index contributed by atoms with van der Waals surface area (Å²) in [4.78, 5) is 83.5. The summed E-state index contributed by atoms with van der Waals surface area (Å²) in [5.41, 5.74) is 0.946. The molecule has 0 aromatic heterocycles. The van der Waals surface area contributed by atoms with E-state index in [1.54, 1.807) is 50.9 Å². The van der Waals surface area contributed by atoms with Crippen LogP contribution in [0.3, 0.4) is 0 Å². The Hall–Kier alpha value is -4.14. The SMILES string of the molecule is C[C@@H](NC(=O)c1ccc(N(C)CC(=O)CN2CCN(CC(=O)O)CCN(CC(=O)O)CCN(CC(=O)O)CC2)cc1)C(=O)N1CCC[C@H]1B(O)O. The molecule has 0 radical (unpaired) electrons. The molecule has 0 saturated carbocycles. The molecule has 0 unspecified atom stereocenters. The number of likely N-dealkylation sites (N-methyl/N-ethyl adjacent to an activating group) is 1. The predicted molar refractivity (Wildman–Crippen MR) is 185 cm³/mol. The van der Waals surface area contributed by atoms with E-state index < -0.39 is 48.8 Å². The lowest BCUT2D eigenvalue weighted by Crippen LogP contribution is -2.52. The minimum atomic E-state index is -1.66. The van der Waals surface area contributed by atoms with Crippen molar-refractivity contribution in [1.82, 2.24) is 29.8 Å². The highest BCUT2D eigenvalue weighted by molar-refractivity contribution is 6.43. The molecule has 51 heavy (non-hydrogen) atoms. The first-order chi connectivity index (χ1) is 24.1. The highest BCUT2D eigenvalue weighted by Gasteiger charge is 2.38. The second kappa shape index (κ2) is 20.0. The van der Waals surface area contributed by atoms with Crippen molar-refractivity contribution in [1.29, 1.82) is 0 Å². The first-order valence-electron chi connectivity index (χ1n) is 17.0. The summed E-state index contributed by atoms with van der Waals surface area (Å²) in [5.74, 6) is -4.85. The van der Waals surface area contributed by atoms with Crippen LogP contribution in [-0.4, -0.2) is 203 Å². The number of likely N-dealkylation sites (tertiary alicyclic amines) is 1. The van der Waals surface area contributed by atoms with E-state index in [-0.39, 0.29) is 64.7 Å². The monoisotopic (exact) mass is 719 g/mol. The van der Waals surface area contributed by atoms with Crippen LogP contribution in [-0.2, 0) is 24.0 Å². The maximum absolute atomic E-state index is 13.3. The number of aliphatic carboxylic acids is 3. The van der Waals surface area contributed by atoms with Gasteiger partial charge in [-0.05, 0) is 44.0 Å². The van der Waals surface area contributed by atoms with Crippen LogP contribution in [0.1, 0.15) is 30.1 Å². The molecule has 2 saturated heterocycles. The van der Waals surface area contributed by atoms with E-state index >= 15 is 0 Å². The zero-order valence-electron chi connectivity index (χ0n) is 29.2. The standard InChI is InChI=1S/C32H50BN7O11/c1-23(32(49)40-9-3-4-27(40)33(50)51)34-31(48)24-5-7-25(8-6-24)35(2)18-26(41)19-36-10-12-37(20-28(42)43)14-16-39(22-30(46)47)17-15-38(13-11-36)21-29(44)45/h5-8,23,27,50-51H,3-4,9-22H2,1-2H3,(H,34,48)(H,42,43)(H,44,45)(H,46,47)/t23-,27+/m1/s1. The van der Waals surface area contributed by atoms with E-state index in [1.807, 2.05) is 4.90 Å². The third-order valence-electron chi connectivity index (χ3n) is 9.03. The van der Waals surface area contributed by atoms with Crippen LogP contribution in [0.2, 0.25) is 0 Å². The Balaban J connectivity index is 1.60. The number of carboxylic acid groups (broad SMARTS) is 3.